The van der Waals surface area contributed by atoms with Crippen molar-refractivity contribution < 1.29 is 0 Å². The summed E-state index contributed by atoms with van der Waals surface area (Å²) < 4.78 is 1.17. The third-order valence-electron chi connectivity index (χ3n) is 4.20. The van der Waals surface area contributed by atoms with Crippen LogP contribution < -0.4 is 0 Å². The summed E-state index contributed by atoms with van der Waals surface area (Å²) >= 11 is 3.54. The number of piperidine rings is 1. The molecule has 0 radical (unpaired) electrons. The fraction of sp³-hybridized carbons (Fsp3) is 0.467. The number of halogens is 1. The topological polar surface area (TPSA) is 3.24 Å². The second-order valence-electron chi connectivity index (χ2n) is 5.32. The first kappa shape index (κ1) is 11.5. The lowest BCUT2D eigenvalue weighted by Gasteiger charge is -2.32. The van der Waals surface area contributed by atoms with E-state index in [1.165, 1.54) is 35.7 Å². The summed E-state index contributed by atoms with van der Waals surface area (Å²) in [5, 5.41) is 0. The van der Waals surface area contributed by atoms with Crippen LogP contribution in [0.3, 0.4) is 0 Å². The fourth-order valence-electron chi connectivity index (χ4n) is 3.22. The molecule has 2 unspecified atom stereocenters. The van der Waals surface area contributed by atoms with Crippen LogP contribution in [0, 0.1) is 0 Å². The van der Waals surface area contributed by atoms with Gasteiger partial charge in [0.25, 0.3) is 0 Å². The van der Waals surface area contributed by atoms with Gasteiger partial charge in [-0.2, -0.15) is 0 Å². The molecule has 2 aliphatic heterocycles. The maximum Gasteiger partial charge on any atom is 0.0181 e. The second-order valence-corrected chi connectivity index (χ2v) is 6.23. The molecule has 17 heavy (non-hydrogen) atoms. The summed E-state index contributed by atoms with van der Waals surface area (Å²) in [5.41, 5.74) is 2.96. The molecule has 90 valence electrons. The Labute approximate surface area is 112 Å². The number of hydrogen-bond donors (Lipinski definition) is 0. The zero-order valence-corrected chi connectivity index (χ0v) is 11.8. The van der Waals surface area contributed by atoms with Crippen molar-refractivity contribution in [2.75, 3.05) is 7.05 Å². The van der Waals surface area contributed by atoms with E-state index in [2.05, 4.69) is 58.2 Å². The van der Waals surface area contributed by atoms with Gasteiger partial charge in [0.15, 0.2) is 0 Å². The number of hydrogen-bond acceptors (Lipinski definition) is 1. The first-order valence-corrected chi connectivity index (χ1v) is 7.18. The van der Waals surface area contributed by atoms with Gasteiger partial charge in [-0.3, -0.25) is 4.90 Å². The van der Waals surface area contributed by atoms with Crippen LogP contribution in [0.5, 0.6) is 0 Å². The maximum atomic E-state index is 3.54. The molecule has 0 amide bonds. The number of fused-ring (bicyclic) bond motifs is 2. The normalized spacial score (nSPS) is 28.5. The van der Waals surface area contributed by atoms with E-state index in [1.807, 2.05) is 0 Å². The molecule has 2 heterocycles. The second kappa shape index (κ2) is 4.58. The van der Waals surface area contributed by atoms with Crippen molar-refractivity contribution in [3.8, 4) is 0 Å². The Morgan fingerprint density at radius 3 is 2.59 bits per heavy atom. The van der Waals surface area contributed by atoms with Crippen LogP contribution in [-0.2, 0) is 0 Å². The summed E-state index contributed by atoms with van der Waals surface area (Å²) in [6.07, 6.45) is 7.69. The summed E-state index contributed by atoms with van der Waals surface area (Å²) in [7, 11) is 2.29. The molecule has 2 atom stereocenters. The molecule has 2 fully saturated rings. The lowest BCUT2D eigenvalue weighted by Crippen LogP contribution is -2.36. The van der Waals surface area contributed by atoms with Gasteiger partial charge in [0, 0.05) is 16.6 Å². The minimum absolute atomic E-state index is 0.798. The highest BCUT2D eigenvalue weighted by atomic mass is 79.9. The van der Waals surface area contributed by atoms with Crippen LogP contribution >= 0.6 is 15.9 Å². The highest BCUT2D eigenvalue weighted by molar-refractivity contribution is 9.10. The minimum atomic E-state index is 0.798. The molecule has 1 aromatic rings. The van der Waals surface area contributed by atoms with Gasteiger partial charge in [0.1, 0.15) is 0 Å². The Balaban J connectivity index is 1.82. The third kappa shape index (κ3) is 2.34. The molecule has 0 saturated carbocycles. The maximum absolute atomic E-state index is 3.54. The number of nitrogens with zero attached hydrogens (tertiary/aromatic N) is 1. The van der Waals surface area contributed by atoms with Gasteiger partial charge in [-0.1, -0.05) is 39.7 Å². The van der Waals surface area contributed by atoms with Gasteiger partial charge in [-0.15, -0.1) is 0 Å². The Hall–Kier alpha value is -0.600. The Kier molecular flexibility index (Phi) is 3.10. The fourth-order valence-corrected chi connectivity index (χ4v) is 3.64. The third-order valence-corrected chi connectivity index (χ3v) is 4.69. The van der Waals surface area contributed by atoms with Crippen LogP contribution in [0.4, 0.5) is 0 Å². The molecule has 2 bridgehead atoms. The van der Waals surface area contributed by atoms with E-state index in [1.54, 1.807) is 5.57 Å². The van der Waals surface area contributed by atoms with Gasteiger partial charge >= 0.3 is 0 Å². The van der Waals surface area contributed by atoms with Gasteiger partial charge < -0.3 is 0 Å². The zero-order valence-electron chi connectivity index (χ0n) is 10.2. The van der Waals surface area contributed by atoms with E-state index in [-0.39, 0.29) is 0 Å². The van der Waals surface area contributed by atoms with Crippen molar-refractivity contribution in [3.05, 3.63) is 39.9 Å². The molecule has 0 N–H and O–H groups in total. The highest BCUT2D eigenvalue weighted by Crippen LogP contribution is 2.37. The molecule has 2 heteroatoms. The van der Waals surface area contributed by atoms with Crippen LogP contribution in [-0.4, -0.2) is 24.0 Å². The van der Waals surface area contributed by atoms with Crippen molar-refractivity contribution in [1.29, 1.82) is 0 Å². The monoisotopic (exact) mass is 291 g/mol. The van der Waals surface area contributed by atoms with Gasteiger partial charge in [0.05, 0.1) is 0 Å². The zero-order chi connectivity index (χ0) is 11.8. The minimum Gasteiger partial charge on any atom is -0.300 e. The number of rotatable bonds is 1. The highest BCUT2D eigenvalue weighted by Gasteiger charge is 2.35. The molecule has 2 saturated heterocycles. The first-order valence-electron chi connectivity index (χ1n) is 6.39. The standard InChI is InChI=1S/C15H18BrN/c1-17-14-5-6-15(17)10-12(9-14)7-11-3-2-4-13(16)8-11/h2-4,7-8,14-15H,5-6,9-10H2,1H3. The molecule has 0 spiro atoms. The largest absolute Gasteiger partial charge is 0.300 e. The van der Waals surface area contributed by atoms with E-state index >= 15 is 0 Å². The van der Waals surface area contributed by atoms with Crippen molar-refractivity contribution in [2.24, 2.45) is 0 Å². The van der Waals surface area contributed by atoms with E-state index < -0.39 is 0 Å². The van der Waals surface area contributed by atoms with E-state index in [0.717, 1.165) is 12.1 Å². The van der Waals surface area contributed by atoms with Crippen molar-refractivity contribution in [3.63, 3.8) is 0 Å². The van der Waals surface area contributed by atoms with Crippen molar-refractivity contribution in [2.45, 2.75) is 37.8 Å². The molecule has 1 nitrogen and oxygen atoms in total. The van der Waals surface area contributed by atoms with Gasteiger partial charge in [-0.25, -0.2) is 0 Å². The number of benzene rings is 1. The lowest BCUT2D eigenvalue weighted by molar-refractivity contribution is 0.210. The van der Waals surface area contributed by atoms with E-state index in [0.29, 0.717) is 0 Å². The quantitative estimate of drug-likeness (QED) is 0.753. The smallest absolute Gasteiger partial charge is 0.0181 e. The Morgan fingerprint density at radius 1 is 1.24 bits per heavy atom. The molecule has 1 aromatic carbocycles. The SMILES string of the molecule is CN1C2CCC1CC(=Cc1cccc(Br)c1)C2. The van der Waals surface area contributed by atoms with E-state index in [4.69, 9.17) is 0 Å². The molecule has 0 aliphatic carbocycles. The molecular formula is C15H18BrN. The summed E-state index contributed by atoms with van der Waals surface area (Å²) in [4.78, 5) is 2.58. The Morgan fingerprint density at radius 2 is 1.94 bits per heavy atom. The first-order chi connectivity index (χ1) is 8.22. The Bertz CT molecular complexity index is 436. The van der Waals surface area contributed by atoms with Crippen molar-refractivity contribution in [1.82, 2.24) is 4.90 Å². The summed E-state index contributed by atoms with van der Waals surface area (Å²) in [5.74, 6) is 0. The average molecular weight is 292 g/mol. The van der Waals surface area contributed by atoms with Crippen LogP contribution in [0.15, 0.2) is 34.3 Å². The predicted molar refractivity (Wildman–Crippen MR) is 75.9 cm³/mol. The van der Waals surface area contributed by atoms with E-state index in [9.17, 15) is 0 Å². The molecule has 2 aliphatic rings. The predicted octanol–water partition coefficient (Wildman–Crippen LogP) is 4.09. The molecular weight excluding hydrogens is 274 g/mol. The molecule has 0 aromatic heterocycles. The van der Waals surface area contributed by atoms with Crippen molar-refractivity contribution >= 4 is 22.0 Å². The lowest BCUT2D eigenvalue weighted by atomic mass is 9.95. The van der Waals surface area contributed by atoms with Gasteiger partial charge in [-0.05, 0) is 50.4 Å². The molecule has 3 rings (SSSR count). The average Bonchev–Trinajstić information content (AvgIpc) is 2.52. The van der Waals surface area contributed by atoms with Gasteiger partial charge in [0.2, 0.25) is 0 Å². The van der Waals surface area contributed by atoms with Crippen LogP contribution in [0.1, 0.15) is 31.2 Å². The summed E-state index contributed by atoms with van der Waals surface area (Å²) in [6, 6.07) is 10.2. The van der Waals surface area contributed by atoms with Crippen LogP contribution in [0.2, 0.25) is 0 Å². The van der Waals surface area contributed by atoms with Crippen LogP contribution in [0.25, 0.3) is 6.08 Å². The summed E-state index contributed by atoms with van der Waals surface area (Å²) in [6.45, 7) is 0.